The highest BCUT2D eigenvalue weighted by Crippen LogP contribution is 2.40. The molecule has 5 aromatic carbocycles. The van der Waals surface area contributed by atoms with Crippen LogP contribution in [-0.2, 0) is 0 Å². The molecule has 0 unspecified atom stereocenters. The molecule has 0 fully saturated rings. The first-order valence-electron chi connectivity index (χ1n) is 15.8. The molecule has 0 aliphatic rings. The van der Waals surface area contributed by atoms with E-state index in [4.69, 9.17) is 4.98 Å². The van der Waals surface area contributed by atoms with Crippen molar-refractivity contribution in [2.24, 2.45) is 0 Å². The summed E-state index contributed by atoms with van der Waals surface area (Å²) in [6, 6.07) is 49.6. The van der Waals surface area contributed by atoms with Crippen molar-refractivity contribution >= 4 is 38.8 Å². The fourth-order valence-corrected chi connectivity index (χ4v) is 6.76. The molecular weight excluding hydrogens is 558 g/mol. The molecule has 8 aromatic rings. The Balaban J connectivity index is 1.35. The quantitative estimate of drug-likeness (QED) is 0.176. The van der Waals surface area contributed by atoms with Gasteiger partial charge in [-0.25, -0.2) is 4.98 Å². The molecule has 3 heterocycles. The fourth-order valence-electron chi connectivity index (χ4n) is 6.76. The summed E-state index contributed by atoms with van der Waals surface area (Å²) >= 11 is 0. The van der Waals surface area contributed by atoms with E-state index in [-0.39, 0.29) is 0 Å². The Kier molecular flexibility index (Phi) is 6.92. The SMILES string of the molecule is C/C=C\C=C/c1c(C)n(-c2ccc(-n3c4ccccc4c4cc(-c5ccccc5)nc(-c5ccccc5)c43)cc2)c2ccccc12. The number of aromatic nitrogens is 3. The van der Waals surface area contributed by atoms with Crippen LogP contribution in [0.2, 0.25) is 0 Å². The minimum absolute atomic E-state index is 0.972. The molecule has 3 heteroatoms. The molecule has 0 bridgehead atoms. The lowest BCUT2D eigenvalue weighted by Gasteiger charge is -2.14. The third kappa shape index (κ3) is 4.56. The van der Waals surface area contributed by atoms with Crippen molar-refractivity contribution in [3.05, 3.63) is 169 Å². The standard InChI is InChI=1S/C43H33N3/c1-3-4-7-20-35-30(2)45(40-23-14-12-21-36(35)40)33-25-27-34(28-26-33)46-41-24-15-13-22-37(41)38-29-39(31-16-8-5-9-17-31)44-42(43(38)46)32-18-10-6-11-19-32/h3-29H,1-2H3/b4-3-,20-7-. The van der Waals surface area contributed by atoms with Gasteiger partial charge in [0.05, 0.1) is 27.9 Å². The first kappa shape index (κ1) is 27.6. The largest absolute Gasteiger partial charge is 0.313 e. The number of pyridine rings is 1. The number of fused-ring (bicyclic) bond motifs is 4. The van der Waals surface area contributed by atoms with Crippen LogP contribution in [0.3, 0.4) is 0 Å². The normalized spacial score (nSPS) is 12.0. The van der Waals surface area contributed by atoms with Crippen LogP contribution in [-0.4, -0.2) is 14.1 Å². The Morgan fingerprint density at radius 2 is 1.11 bits per heavy atom. The lowest BCUT2D eigenvalue weighted by atomic mass is 10.0. The van der Waals surface area contributed by atoms with Gasteiger partial charge in [0.15, 0.2) is 0 Å². The van der Waals surface area contributed by atoms with Gasteiger partial charge >= 0.3 is 0 Å². The second kappa shape index (κ2) is 11.5. The molecular formula is C43H33N3. The number of para-hydroxylation sites is 2. The summed E-state index contributed by atoms with van der Waals surface area (Å²) in [5, 5.41) is 3.65. The first-order valence-corrected chi connectivity index (χ1v) is 15.8. The smallest absolute Gasteiger partial charge is 0.0956 e. The third-order valence-electron chi connectivity index (χ3n) is 8.86. The van der Waals surface area contributed by atoms with E-state index in [1.54, 1.807) is 0 Å². The summed E-state index contributed by atoms with van der Waals surface area (Å²) in [6.45, 7) is 4.25. The average Bonchev–Trinajstić information content (AvgIpc) is 3.60. The van der Waals surface area contributed by atoms with Gasteiger partial charge in [0.2, 0.25) is 0 Å². The van der Waals surface area contributed by atoms with E-state index in [2.05, 4.69) is 180 Å². The predicted molar refractivity (Wildman–Crippen MR) is 195 cm³/mol. The number of hydrogen-bond acceptors (Lipinski definition) is 1. The van der Waals surface area contributed by atoms with Crippen LogP contribution in [0, 0.1) is 6.92 Å². The Labute approximate surface area is 269 Å². The van der Waals surface area contributed by atoms with E-state index in [0.717, 1.165) is 44.9 Å². The van der Waals surface area contributed by atoms with E-state index in [1.807, 2.05) is 6.92 Å². The number of hydrogen-bond donors (Lipinski definition) is 0. The highest BCUT2D eigenvalue weighted by atomic mass is 15.0. The highest BCUT2D eigenvalue weighted by molar-refractivity contribution is 6.14. The zero-order valence-corrected chi connectivity index (χ0v) is 25.9. The summed E-state index contributed by atoms with van der Waals surface area (Å²) < 4.78 is 4.74. The number of allylic oxidation sites excluding steroid dienone is 3. The van der Waals surface area contributed by atoms with Crippen molar-refractivity contribution in [2.45, 2.75) is 13.8 Å². The van der Waals surface area contributed by atoms with Crippen molar-refractivity contribution in [1.82, 2.24) is 14.1 Å². The van der Waals surface area contributed by atoms with E-state index < -0.39 is 0 Å². The van der Waals surface area contributed by atoms with Gasteiger partial charge < -0.3 is 9.13 Å². The van der Waals surface area contributed by atoms with Gasteiger partial charge in [0, 0.05) is 49.9 Å². The molecule has 0 saturated carbocycles. The maximum Gasteiger partial charge on any atom is 0.0956 e. The van der Waals surface area contributed by atoms with Crippen molar-refractivity contribution < 1.29 is 0 Å². The Morgan fingerprint density at radius 1 is 0.543 bits per heavy atom. The Bertz CT molecular complexity index is 2410. The zero-order chi connectivity index (χ0) is 31.0. The zero-order valence-electron chi connectivity index (χ0n) is 25.9. The van der Waals surface area contributed by atoms with Crippen LogP contribution < -0.4 is 0 Å². The number of rotatable bonds is 6. The van der Waals surface area contributed by atoms with Gasteiger partial charge in [-0.1, -0.05) is 121 Å². The van der Waals surface area contributed by atoms with E-state index >= 15 is 0 Å². The molecule has 8 rings (SSSR count). The molecule has 3 nitrogen and oxygen atoms in total. The van der Waals surface area contributed by atoms with E-state index in [0.29, 0.717) is 0 Å². The van der Waals surface area contributed by atoms with Gasteiger partial charge in [0.1, 0.15) is 0 Å². The molecule has 0 atom stereocenters. The summed E-state index contributed by atoms with van der Waals surface area (Å²) in [4.78, 5) is 5.33. The fraction of sp³-hybridized carbons (Fsp3) is 0.0465. The van der Waals surface area contributed by atoms with Crippen molar-refractivity contribution in [1.29, 1.82) is 0 Å². The molecule has 0 saturated heterocycles. The van der Waals surface area contributed by atoms with Gasteiger partial charge in [-0.3, -0.25) is 0 Å². The summed E-state index contributed by atoms with van der Waals surface area (Å²) in [5.41, 5.74) is 12.3. The molecule has 0 N–H and O–H groups in total. The molecule has 0 amide bonds. The average molecular weight is 592 g/mol. The minimum atomic E-state index is 0.972. The first-order chi connectivity index (χ1) is 22.7. The molecule has 0 aliphatic carbocycles. The van der Waals surface area contributed by atoms with Gasteiger partial charge in [-0.2, -0.15) is 0 Å². The third-order valence-corrected chi connectivity index (χ3v) is 8.86. The van der Waals surface area contributed by atoms with Crippen LogP contribution in [0.4, 0.5) is 0 Å². The molecule has 0 aliphatic heterocycles. The summed E-state index contributed by atoms with van der Waals surface area (Å²) in [7, 11) is 0. The van der Waals surface area contributed by atoms with Gasteiger partial charge in [0.25, 0.3) is 0 Å². The molecule has 0 spiro atoms. The van der Waals surface area contributed by atoms with Gasteiger partial charge in [-0.05, 0) is 56.3 Å². The van der Waals surface area contributed by atoms with E-state index in [1.165, 1.54) is 32.9 Å². The summed E-state index contributed by atoms with van der Waals surface area (Å²) in [6.07, 6.45) is 8.46. The second-order valence-corrected chi connectivity index (χ2v) is 11.6. The molecule has 0 radical (unpaired) electrons. The molecule has 220 valence electrons. The van der Waals surface area contributed by atoms with Crippen molar-refractivity contribution in [3.8, 4) is 33.9 Å². The van der Waals surface area contributed by atoms with Crippen LogP contribution in [0.15, 0.2) is 158 Å². The molecule has 46 heavy (non-hydrogen) atoms. The maximum atomic E-state index is 5.33. The molecule has 3 aromatic heterocycles. The van der Waals surface area contributed by atoms with E-state index in [9.17, 15) is 0 Å². The lowest BCUT2D eigenvalue weighted by molar-refractivity contribution is 1.05. The maximum absolute atomic E-state index is 5.33. The Hall–Kier alpha value is -5.93. The highest BCUT2D eigenvalue weighted by Gasteiger charge is 2.20. The number of nitrogens with zero attached hydrogens (tertiary/aromatic N) is 3. The number of benzene rings is 5. The second-order valence-electron chi connectivity index (χ2n) is 11.6. The monoisotopic (exact) mass is 591 g/mol. The van der Waals surface area contributed by atoms with Crippen LogP contribution in [0.25, 0.3) is 72.7 Å². The van der Waals surface area contributed by atoms with Crippen molar-refractivity contribution in [2.75, 3.05) is 0 Å². The topological polar surface area (TPSA) is 22.8 Å². The van der Waals surface area contributed by atoms with Crippen LogP contribution >= 0.6 is 0 Å². The van der Waals surface area contributed by atoms with Gasteiger partial charge in [-0.15, -0.1) is 0 Å². The summed E-state index contributed by atoms with van der Waals surface area (Å²) in [5.74, 6) is 0. The predicted octanol–water partition coefficient (Wildman–Crippen LogP) is 11.4. The lowest BCUT2D eigenvalue weighted by Crippen LogP contribution is -2.00. The minimum Gasteiger partial charge on any atom is -0.313 e. The Morgan fingerprint density at radius 3 is 1.78 bits per heavy atom. The van der Waals surface area contributed by atoms with Crippen LogP contribution in [0.5, 0.6) is 0 Å². The van der Waals surface area contributed by atoms with Crippen LogP contribution in [0.1, 0.15) is 18.2 Å². The van der Waals surface area contributed by atoms with Crippen molar-refractivity contribution in [3.63, 3.8) is 0 Å².